The van der Waals surface area contributed by atoms with Gasteiger partial charge >= 0.3 is 0 Å². The highest BCUT2D eigenvalue weighted by molar-refractivity contribution is 6.06. The first-order valence-electron chi connectivity index (χ1n) is 19.7. The lowest BCUT2D eigenvalue weighted by atomic mass is 9.81. The van der Waals surface area contributed by atoms with Crippen molar-refractivity contribution in [3.05, 3.63) is 198 Å². The van der Waals surface area contributed by atoms with Gasteiger partial charge in [-0.05, 0) is 104 Å². The minimum absolute atomic E-state index is 0.0896. The predicted molar refractivity (Wildman–Crippen MR) is 234 cm³/mol. The number of hydrogen-bond acceptors (Lipinski definition) is 2. The Bertz CT molecular complexity index is 3030. The Morgan fingerprint density at radius 1 is 0.375 bits per heavy atom. The highest BCUT2D eigenvalue weighted by Gasteiger charge is 2.38. The Kier molecular flexibility index (Phi) is 6.98. The summed E-state index contributed by atoms with van der Waals surface area (Å²) in [5.74, 6) is 0. The Hall–Kier alpha value is -6.64. The zero-order valence-corrected chi connectivity index (χ0v) is 32.1. The van der Waals surface area contributed by atoms with Gasteiger partial charge < -0.3 is 9.32 Å². The molecule has 8 aromatic carbocycles. The summed E-state index contributed by atoms with van der Waals surface area (Å²) in [6, 6.07) is 64.7. The van der Waals surface area contributed by atoms with Crippen LogP contribution in [0.15, 0.2) is 180 Å². The Balaban J connectivity index is 1.10. The highest BCUT2D eigenvalue weighted by atomic mass is 16.3. The molecule has 56 heavy (non-hydrogen) atoms. The zero-order valence-electron chi connectivity index (χ0n) is 32.1. The van der Waals surface area contributed by atoms with Crippen molar-refractivity contribution in [3.63, 3.8) is 0 Å². The standard InChI is InChI=1S/C54H41NO/c1-53(2)45-19-10-6-17-42(45)52-46(53)20-13-22-49(52)55(37-28-24-34(25-29-37)35-27-31-51-43(32-35)41-16-8-12-23-50(41)56-51)48-21-11-7-14-38(48)36-26-30-40-39-15-5-9-18-44(39)54(3,4)47(40)33-36/h5-33H,1-4H3. The van der Waals surface area contributed by atoms with E-state index in [4.69, 9.17) is 4.42 Å². The molecule has 2 aliphatic carbocycles. The molecule has 2 nitrogen and oxygen atoms in total. The van der Waals surface area contributed by atoms with Gasteiger partial charge in [0.2, 0.25) is 0 Å². The maximum atomic E-state index is 6.16. The van der Waals surface area contributed by atoms with Crippen molar-refractivity contribution in [1.29, 1.82) is 0 Å². The summed E-state index contributed by atoms with van der Waals surface area (Å²) in [5.41, 5.74) is 20.6. The summed E-state index contributed by atoms with van der Waals surface area (Å²) in [6.07, 6.45) is 0. The molecular formula is C54H41NO. The number of benzene rings is 8. The first-order chi connectivity index (χ1) is 27.3. The fourth-order valence-electron chi connectivity index (χ4n) is 9.82. The Morgan fingerprint density at radius 3 is 1.77 bits per heavy atom. The van der Waals surface area contributed by atoms with Gasteiger partial charge in [-0.1, -0.05) is 155 Å². The van der Waals surface area contributed by atoms with E-state index in [2.05, 4.69) is 196 Å². The van der Waals surface area contributed by atoms with Crippen LogP contribution in [0.5, 0.6) is 0 Å². The van der Waals surface area contributed by atoms with Crippen molar-refractivity contribution in [1.82, 2.24) is 0 Å². The Labute approximate surface area is 328 Å². The zero-order chi connectivity index (χ0) is 37.8. The summed E-state index contributed by atoms with van der Waals surface area (Å²) < 4.78 is 6.16. The van der Waals surface area contributed by atoms with Crippen LogP contribution in [-0.4, -0.2) is 0 Å². The molecule has 0 spiro atoms. The lowest BCUT2D eigenvalue weighted by molar-refractivity contribution is 0.660. The molecular weight excluding hydrogens is 679 g/mol. The molecule has 0 aliphatic heterocycles. The molecule has 268 valence electrons. The highest BCUT2D eigenvalue weighted by Crippen LogP contribution is 2.56. The number of fused-ring (bicyclic) bond motifs is 9. The summed E-state index contributed by atoms with van der Waals surface area (Å²) in [7, 11) is 0. The normalized spacial score (nSPS) is 14.4. The fourth-order valence-corrected chi connectivity index (χ4v) is 9.82. The molecule has 0 fully saturated rings. The maximum absolute atomic E-state index is 6.16. The van der Waals surface area contributed by atoms with E-state index in [9.17, 15) is 0 Å². The van der Waals surface area contributed by atoms with Gasteiger partial charge in [-0.3, -0.25) is 0 Å². The van der Waals surface area contributed by atoms with E-state index in [1.807, 2.05) is 12.1 Å². The average molecular weight is 720 g/mol. The molecule has 0 unspecified atom stereocenters. The van der Waals surface area contributed by atoms with E-state index in [0.29, 0.717) is 0 Å². The number of anilines is 3. The smallest absolute Gasteiger partial charge is 0.135 e. The van der Waals surface area contributed by atoms with Gasteiger partial charge in [-0.15, -0.1) is 0 Å². The van der Waals surface area contributed by atoms with Crippen LogP contribution >= 0.6 is 0 Å². The molecule has 11 rings (SSSR count). The van der Waals surface area contributed by atoms with Gasteiger partial charge in [0.15, 0.2) is 0 Å². The number of rotatable bonds is 5. The third kappa shape index (κ3) is 4.69. The summed E-state index contributed by atoms with van der Waals surface area (Å²) in [6.45, 7) is 9.44. The average Bonchev–Trinajstić information content (AvgIpc) is 3.81. The number of hydrogen-bond donors (Lipinski definition) is 0. The van der Waals surface area contributed by atoms with Gasteiger partial charge in [0.1, 0.15) is 11.2 Å². The molecule has 0 N–H and O–H groups in total. The van der Waals surface area contributed by atoms with E-state index >= 15 is 0 Å². The van der Waals surface area contributed by atoms with E-state index < -0.39 is 0 Å². The first-order valence-corrected chi connectivity index (χ1v) is 19.7. The van der Waals surface area contributed by atoms with Crippen LogP contribution in [-0.2, 0) is 10.8 Å². The molecule has 2 aliphatic rings. The lowest BCUT2D eigenvalue weighted by Crippen LogP contribution is -2.16. The van der Waals surface area contributed by atoms with E-state index in [-0.39, 0.29) is 10.8 Å². The van der Waals surface area contributed by atoms with Gasteiger partial charge in [-0.25, -0.2) is 0 Å². The first kappa shape index (κ1) is 32.8. The van der Waals surface area contributed by atoms with E-state index in [1.54, 1.807) is 0 Å². The largest absolute Gasteiger partial charge is 0.456 e. The van der Waals surface area contributed by atoms with Crippen molar-refractivity contribution in [3.8, 4) is 44.5 Å². The van der Waals surface area contributed by atoms with Crippen molar-refractivity contribution in [2.24, 2.45) is 0 Å². The van der Waals surface area contributed by atoms with Gasteiger partial charge in [0.05, 0.1) is 11.4 Å². The van der Waals surface area contributed by atoms with Crippen molar-refractivity contribution < 1.29 is 4.42 Å². The van der Waals surface area contributed by atoms with Crippen molar-refractivity contribution in [2.45, 2.75) is 38.5 Å². The number of nitrogens with zero attached hydrogens (tertiary/aromatic N) is 1. The predicted octanol–water partition coefficient (Wildman–Crippen LogP) is 15.0. The number of furan rings is 1. The molecule has 1 heterocycles. The van der Waals surface area contributed by atoms with E-state index in [0.717, 1.165) is 33.3 Å². The van der Waals surface area contributed by atoms with E-state index in [1.165, 1.54) is 72.4 Å². The molecule has 0 radical (unpaired) electrons. The lowest BCUT2D eigenvalue weighted by Gasteiger charge is -2.31. The van der Waals surface area contributed by atoms with Crippen LogP contribution < -0.4 is 4.90 Å². The maximum Gasteiger partial charge on any atom is 0.135 e. The van der Waals surface area contributed by atoms with Crippen LogP contribution in [0.25, 0.3) is 66.4 Å². The molecule has 9 aromatic rings. The summed E-state index contributed by atoms with van der Waals surface area (Å²) in [4.78, 5) is 2.50. The third-order valence-electron chi connectivity index (χ3n) is 12.7. The number of para-hydroxylation sites is 2. The molecule has 1 aromatic heterocycles. The van der Waals surface area contributed by atoms with Crippen LogP contribution in [0, 0.1) is 0 Å². The van der Waals surface area contributed by atoms with Crippen molar-refractivity contribution >= 4 is 39.0 Å². The fraction of sp³-hybridized carbons (Fsp3) is 0.111. The third-order valence-corrected chi connectivity index (χ3v) is 12.7. The quantitative estimate of drug-likeness (QED) is 0.176. The minimum Gasteiger partial charge on any atom is -0.456 e. The Morgan fingerprint density at radius 2 is 0.946 bits per heavy atom. The SMILES string of the molecule is CC1(C)c2ccccc2-c2ccc(-c3ccccc3N(c3ccc(-c4ccc5oc6ccccc6c5c4)cc3)c3cccc4c3-c3ccccc3C4(C)C)cc21. The van der Waals surface area contributed by atoms with Gasteiger partial charge in [0, 0.05) is 38.4 Å². The molecule has 0 saturated carbocycles. The molecule has 0 atom stereocenters. The summed E-state index contributed by atoms with van der Waals surface area (Å²) in [5, 5.41) is 2.28. The molecule has 0 amide bonds. The van der Waals surface area contributed by atoms with Gasteiger partial charge in [-0.2, -0.15) is 0 Å². The monoisotopic (exact) mass is 719 g/mol. The molecule has 0 saturated heterocycles. The topological polar surface area (TPSA) is 16.4 Å². The van der Waals surface area contributed by atoms with Crippen LogP contribution in [0.4, 0.5) is 17.1 Å². The van der Waals surface area contributed by atoms with Crippen LogP contribution in [0.3, 0.4) is 0 Å². The molecule has 2 heteroatoms. The second-order valence-electron chi connectivity index (χ2n) is 16.5. The minimum atomic E-state index is -0.118. The second-order valence-corrected chi connectivity index (χ2v) is 16.5. The van der Waals surface area contributed by atoms with Gasteiger partial charge in [0.25, 0.3) is 0 Å². The second kappa shape index (κ2) is 11.9. The summed E-state index contributed by atoms with van der Waals surface area (Å²) >= 11 is 0. The molecule has 0 bridgehead atoms. The van der Waals surface area contributed by atoms with Crippen LogP contribution in [0.1, 0.15) is 49.9 Å². The van der Waals surface area contributed by atoms with Crippen LogP contribution in [0.2, 0.25) is 0 Å². The van der Waals surface area contributed by atoms with Crippen molar-refractivity contribution in [2.75, 3.05) is 4.90 Å².